The molecule has 0 aromatic heterocycles. The zero-order chi connectivity index (χ0) is 20.1. The van der Waals surface area contributed by atoms with Crippen LogP contribution in [0.4, 0.5) is 0 Å². The van der Waals surface area contributed by atoms with E-state index in [0.717, 1.165) is 6.42 Å². The predicted octanol–water partition coefficient (Wildman–Crippen LogP) is 4.64. The molecular weight excluding hydrogens is 346 g/mol. The van der Waals surface area contributed by atoms with Gasteiger partial charge in [-0.25, -0.2) is 0 Å². The van der Waals surface area contributed by atoms with Gasteiger partial charge in [-0.1, -0.05) is 101 Å². The highest BCUT2D eigenvalue weighted by Crippen LogP contribution is 2.39. The van der Waals surface area contributed by atoms with Crippen molar-refractivity contribution in [3.8, 4) is 0 Å². The summed E-state index contributed by atoms with van der Waals surface area (Å²) in [4.78, 5) is 0. The van der Waals surface area contributed by atoms with Gasteiger partial charge in [-0.15, -0.1) is 0 Å². The Morgan fingerprint density at radius 1 is 0.926 bits per heavy atom. The average molecular weight is 382 g/mol. The number of allylic oxidation sites excluding steroid dienone is 1. The first-order valence-electron chi connectivity index (χ1n) is 9.90. The Morgan fingerprint density at radius 2 is 1.37 bits per heavy atom. The molecular formula is C24H35NOSi. The predicted molar refractivity (Wildman–Crippen MR) is 120 cm³/mol. The fraction of sp³-hybridized carbons (Fsp3) is 0.417. The minimum absolute atomic E-state index is 0.0465. The van der Waals surface area contributed by atoms with Crippen molar-refractivity contribution >= 4 is 18.7 Å². The van der Waals surface area contributed by atoms with E-state index in [-0.39, 0.29) is 11.1 Å². The molecule has 0 aliphatic carbocycles. The maximum atomic E-state index is 7.20. The Morgan fingerprint density at radius 3 is 1.70 bits per heavy atom. The molecule has 0 radical (unpaired) electrons. The van der Waals surface area contributed by atoms with Gasteiger partial charge < -0.3 is 10.2 Å². The van der Waals surface area contributed by atoms with Crippen LogP contribution in [-0.2, 0) is 4.43 Å². The third-order valence-corrected chi connectivity index (χ3v) is 10.4. The second-order valence-corrected chi connectivity index (χ2v) is 12.8. The van der Waals surface area contributed by atoms with Crippen molar-refractivity contribution in [1.82, 2.24) is 0 Å². The summed E-state index contributed by atoms with van der Waals surface area (Å²) in [5.74, 6) is 0. The molecule has 2 N–H and O–H groups in total. The van der Waals surface area contributed by atoms with E-state index < -0.39 is 13.9 Å². The molecule has 146 valence electrons. The lowest BCUT2D eigenvalue weighted by Crippen LogP contribution is -2.69. The standard InChI is InChI=1S/C24H35NOSi/c1-7-19-24(6,25)22(8-2)26-27(23(3,4)5,20-15-11-9-12-16-20)21-17-13-10-14-18-21/h7,9-19,22H,8,25H2,1-6H3/b19-7+/t22-,24+/m1/s1. The van der Waals surface area contributed by atoms with Crippen LogP contribution in [-0.4, -0.2) is 20.0 Å². The van der Waals surface area contributed by atoms with Crippen LogP contribution in [0.1, 0.15) is 48.0 Å². The highest BCUT2D eigenvalue weighted by Gasteiger charge is 2.52. The zero-order valence-electron chi connectivity index (χ0n) is 17.7. The molecule has 2 aromatic carbocycles. The summed E-state index contributed by atoms with van der Waals surface area (Å²) in [6.07, 6.45) is 4.89. The van der Waals surface area contributed by atoms with E-state index in [2.05, 4.69) is 101 Å². The van der Waals surface area contributed by atoms with E-state index in [1.165, 1.54) is 10.4 Å². The molecule has 0 aliphatic heterocycles. The lowest BCUT2D eigenvalue weighted by molar-refractivity contribution is 0.128. The average Bonchev–Trinajstić information content (AvgIpc) is 2.63. The van der Waals surface area contributed by atoms with Crippen molar-refractivity contribution in [2.75, 3.05) is 0 Å². The fourth-order valence-electron chi connectivity index (χ4n) is 4.02. The van der Waals surface area contributed by atoms with Crippen LogP contribution >= 0.6 is 0 Å². The van der Waals surface area contributed by atoms with Crippen LogP contribution in [0.2, 0.25) is 5.04 Å². The summed E-state index contributed by atoms with van der Waals surface area (Å²) in [5.41, 5.74) is 6.18. The molecule has 0 amide bonds. The van der Waals surface area contributed by atoms with Crippen molar-refractivity contribution in [1.29, 1.82) is 0 Å². The molecule has 27 heavy (non-hydrogen) atoms. The van der Waals surface area contributed by atoms with Crippen LogP contribution in [0.25, 0.3) is 0 Å². The van der Waals surface area contributed by atoms with Gasteiger partial charge >= 0.3 is 0 Å². The quantitative estimate of drug-likeness (QED) is 0.560. The number of rotatable bonds is 7. The van der Waals surface area contributed by atoms with Crippen molar-refractivity contribution in [3.05, 3.63) is 72.8 Å². The molecule has 0 bridgehead atoms. The minimum Gasteiger partial charge on any atom is -0.402 e. The van der Waals surface area contributed by atoms with E-state index in [1.54, 1.807) is 0 Å². The van der Waals surface area contributed by atoms with Crippen LogP contribution in [0.5, 0.6) is 0 Å². The molecule has 0 unspecified atom stereocenters. The Labute approximate surface area is 166 Å². The van der Waals surface area contributed by atoms with Crippen LogP contribution in [0.3, 0.4) is 0 Å². The van der Waals surface area contributed by atoms with E-state index in [1.807, 2.05) is 13.0 Å². The minimum atomic E-state index is -2.59. The molecule has 2 nitrogen and oxygen atoms in total. The van der Waals surface area contributed by atoms with Gasteiger partial charge in [0.05, 0.1) is 11.6 Å². The van der Waals surface area contributed by atoms with Gasteiger partial charge in [0.25, 0.3) is 8.32 Å². The second kappa shape index (κ2) is 8.55. The smallest absolute Gasteiger partial charge is 0.261 e. The largest absolute Gasteiger partial charge is 0.402 e. The van der Waals surface area contributed by atoms with Gasteiger partial charge in [0.15, 0.2) is 0 Å². The highest BCUT2D eigenvalue weighted by molar-refractivity contribution is 6.99. The van der Waals surface area contributed by atoms with Gasteiger partial charge in [-0.05, 0) is 35.7 Å². The summed E-state index contributed by atoms with van der Waals surface area (Å²) >= 11 is 0. The summed E-state index contributed by atoms with van der Waals surface area (Å²) in [7, 11) is -2.59. The molecule has 0 aliphatic rings. The molecule has 0 saturated carbocycles. The molecule has 0 saturated heterocycles. The molecule has 0 spiro atoms. The highest BCUT2D eigenvalue weighted by atomic mass is 28.4. The van der Waals surface area contributed by atoms with Crippen molar-refractivity contribution in [2.45, 2.75) is 64.6 Å². The number of benzene rings is 2. The monoisotopic (exact) mass is 381 g/mol. The summed E-state index contributed by atoms with van der Waals surface area (Å²) in [6, 6.07) is 21.5. The van der Waals surface area contributed by atoms with Gasteiger partial charge in [-0.2, -0.15) is 0 Å². The molecule has 0 fully saturated rings. The van der Waals surface area contributed by atoms with Crippen molar-refractivity contribution in [3.63, 3.8) is 0 Å². The lowest BCUT2D eigenvalue weighted by Gasteiger charge is -2.47. The number of nitrogens with two attached hydrogens (primary N) is 1. The van der Waals surface area contributed by atoms with Gasteiger partial charge in [0.1, 0.15) is 0 Å². The third-order valence-electron chi connectivity index (χ3n) is 5.33. The van der Waals surface area contributed by atoms with Gasteiger partial charge in [0.2, 0.25) is 0 Å². The lowest BCUT2D eigenvalue weighted by atomic mass is 9.94. The third kappa shape index (κ3) is 4.42. The molecule has 2 aromatic rings. The van der Waals surface area contributed by atoms with Gasteiger partial charge in [0, 0.05) is 0 Å². The zero-order valence-corrected chi connectivity index (χ0v) is 18.7. The topological polar surface area (TPSA) is 35.2 Å². The first-order chi connectivity index (χ1) is 12.7. The first kappa shape index (κ1) is 21.6. The Bertz CT molecular complexity index is 692. The fourth-order valence-corrected chi connectivity index (χ4v) is 8.88. The summed E-state index contributed by atoms with van der Waals surface area (Å²) < 4.78 is 7.20. The molecule has 2 atom stereocenters. The van der Waals surface area contributed by atoms with E-state index in [4.69, 9.17) is 10.2 Å². The molecule has 3 heteroatoms. The summed E-state index contributed by atoms with van der Waals surface area (Å²) in [5, 5.41) is 2.53. The van der Waals surface area contributed by atoms with E-state index >= 15 is 0 Å². The normalized spacial score (nSPS) is 16.3. The Kier molecular flexibility index (Phi) is 6.85. The van der Waals surface area contributed by atoms with E-state index in [9.17, 15) is 0 Å². The molecule has 0 heterocycles. The second-order valence-electron chi connectivity index (χ2n) is 8.54. The summed E-state index contributed by atoms with van der Waals surface area (Å²) in [6.45, 7) is 13.1. The van der Waals surface area contributed by atoms with Crippen LogP contribution in [0, 0.1) is 0 Å². The Hall–Kier alpha value is -1.68. The maximum absolute atomic E-state index is 7.20. The van der Waals surface area contributed by atoms with Crippen LogP contribution < -0.4 is 16.1 Å². The van der Waals surface area contributed by atoms with Crippen molar-refractivity contribution in [2.24, 2.45) is 5.73 Å². The number of hydrogen-bond acceptors (Lipinski definition) is 2. The Balaban J connectivity index is 2.72. The molecule has 2 rings (SSSR count). The number of hydrogen-bond donors (Lipinski definition) is 1. The van der Waals surface area contributed by atoms with Crippen molar-refractivity contribution < 1.29 is 4.43 Å². The maximum Gasteiger partial charge on any atom is 0.261 e. The SMILES string of the molecule is C/C=C/[C@](C)(N)[C@@H](CC)O[Si](c1ccccc1)(c1ccccc1)C(C)(C)C. The van der Waals surface area contributed by atoms with E-state index in [0.29, 0.717) is 0 Å². The van der Waals surface area contributed by atoms with Gasteiger partial charge in [-0.3, -0.25) is 0 Å². The first-order valence-corrected chi connectivity index (χ1v) is 11.8. The van der Waals surface area contributed by atoms with Crippen LogP contribution in [0.15, 0.2) is 72.8 Å².